The summed E-state index contributed by atoms with van der Waals surface area (Å²) in [5, 5.41) is 9.10. The highest BCUT2D eigenvalue weighted by atomic mass is 32.2. The van der Waals surface area contributed by atoms with Crippen LogP contribution in [0.5, 0.6) is 0 Å². The number of carboxylic acid groups (broad SMARTS) is 1. The first-order valence-electron chi connectivity index (χ1n) is 4.88. The lowest BCUT2D eigenvalue weighted by Gasteiger charge is -2.33. The van der Waals surface area contributed by atoms with Crippen LogP contribution in [-0.4, -0.2) is 45.3 Å². The Morgan fingerprint density at radius 2 is 2.44 bits per heavy atom. The van der Waals surface area contributed by atoms with Crippen molar-refractivity contribution in [2.45, 2.75) is 11.8 Å². The summed E-state index contributed by atoms with van der Waals surface area (Å²) in [6.07, 6.45) is 0.451. The highest BCUT2D eigenvalue weighted by molar-refractivity contribution is 8.06. The van der Waals surface area contributed by atoms with Crippen LogP contribution >= 0.6 is 23.5 Å². The monoisotopic (exact) mass is 260 g/mol. The number of amides is 1. The zero-order valence-corrected chi connectivity index (χ0v) is 10.1. The number of hydrogen-bond acceptors (Lipinski definition) is 5. The van der Waals surface area contributed by atoms with E-state index in [0.29, 0.717) is 18.7 Å². The Morgan fingerprint density at radius 3 is 3.00 bits per heavy atom. The molecule has 0 aromatic carbocycles. The van der Waals surface area contributed by atoms with Crippen molar-refractivity contribution in [3.05, 3.63) is 10.6 Å². The van der Waals surface area contributed by atoms with E-state index in [2.05, 4.69) is 0 Å². The molecule has 0 spiro atoms. The van der Waals surface area contributed by atoms with Crippen molar-refractivity contribution >= 4 is 35.4 Å². The van der Waals surface area contributed by atoms with Gasteiger partial charge >= 0.3 is 5.97 Å². The summed E-state index contributed by atoms with van der Waals surface area (Å²) in [4.78, 5) is 24.6. The average molecular weight is 260 g/mol. The zero-order valence-electron chi connectivity index (χ0n) is 8.51. The Hall–Kier alpha value is -0.660. The maximum absolute atomic E-state index is 11.3. The second-order valence-corrected chi connectivity index (χ2v) is 5.84. The van der Waals surface area contributed by atoms with Gasteiger partial charge in [-0.15, -0.1) is 11.8 Å². The van der Waals surface area contributed by atoms with E-state index in [1.165, 1.54) is 16.7 Å². The van der Waals surface area contributed by atoms with E-state index >= 15 is 0 Å². The largest absolute Gasteiger partial charge is 0.477 e. The predicted octanol–water partition coefficient (Wildman–Crippen LogP) is 0.280. The molecule has 2 aliphatic rings. The lowest BCUT2D eigenvalue weighted by molar-refractivity contribution is -0.145. The van der Waals surface area contributed by atoms with E-state index in [1.54, 1.807) is 11.8 Å². The van der Waals surface area contributed by atoms with Gasteiger partial charge in [0.05, 0.1) is 11.8 Å². The van der Waals surface area contributed by atoms with Gasteiger partial charge in [-0.25, -0.2) is 4.79 Å². The smallest absolute Gasteiger partial charge is 0.353 e. The summed E-state index contributed by atoms with van der Waals surface area (Å²) < 4.78 is 0. The molecule has 16 heavy (non-hydrogen) atoms. The number of hydrogen-bond donors (Lipinski definition) is 2. The third-order valence-electron chi connectivity index (χ3n) is 2.39. The molecule has 1 fully saturated rings. The maximum atomic E-state index is 11.3. The zero-order chi connectivity index (χ0) is 11.7. The second kappa shape index (κ2) is 4.68. The number of fused-ring (bicyclic) bond motifs is 1. The molecule has 0 aromatic heterocycles. The van der Waals surface area contributed by atoms with Gasteiger partial charge in [-0.05, 0) is 0 Å². The van der Waals surface area contributed by atoms with Crippen LogP contribution in [0.15, 0.2) is 10.6 Å². The van der Waals surface area contributed by atoms with Gasteiger partial charge < -0.3 is 10.8 Å². The molecule has 0 radical (unpaired) electrons. The molecule has 88 valence electrons. The van der Waals surface area contributed by atoms with Crippen molar-refractivity contribution in [2.75, 3.05) is 18.1 Å². The minimum absolute atomic E-state index is 0.0204. The third kappa shape index (κ3) is 1.94. The number of carbonyl (C=O) groups is 2. The Balaban J connectivity index is 2.09. The molecule has 0 unspecified atom stereocenters. The fourth-order valence-electron chi connectivity index (χ4n) is 1.68. The van der Waals surface area contributed by atoms with E-state index in [4.69, 9.17) is 10.8 Å². The summed E-state index contributed by atoms with van der Waals surface area (Å²) in [5.74, 6) is 0.333. The molecule has 2 rings (SSSR count). The summed E-state index contributed by atoms with van der Waals surface area (Å²) in [6.45, 7) is 0.580. The lowest BCUT2D eigenvalue weighted by atomic mass is 10.1. The summed E-state index contributed by atoms with van der Waals surface area (Å²) >= 11 is 3.09. The van der Waals surface area contributed by atoms with Crippen LogP contribution in [0.25, 0.3) is 0 Å². The Labute approximate surface area is 101 Å². The predicted molar refractivity (Wildman–Crippen MR) is 63.9 cm³/mol. The van der Waals surface area contributed by atoms with Gasteiger partial charge in [0, 0.05) is 23.0 Å². The molecule has 0 aromatic rings. The standard InChI is InChI=1S/C9H12N2O3S2/c10-1-2-15-4-5-8(9(13)14)11-6(12)3-7(11)16-5/h7H,1-4,10H2,(H,13,14)/t7-/m1/s1. The number of carbonyl (C=O) groups excluding carboxylic acids is 1. The first kappa shape index (κ1) is 11.8. The topological polar surface area (TPSA) is 83.6 Å². The van der Waals surface area contributed by atoms with Crippen LogP contribution in [0.3, 0.4) is 0 Å². The van der Waals surface area contributed by atoms with E-state index in [1.807, 2.05) is 0 Å². The third-order valence-corrected chi connectivity index (χ3v) is 4.86. The summed E-state index contributed by atoms with van der Waals surface area (Å²) in [6, 6.07) is 0. The molecule has 1 amide bonds. The molecule has 2 heterocycles. The number of β-lactam (4-membered cyclic amide) rings is 1. The van der Waals surface area contributed by atoms with Gasteiger partial charge in [0.1, 0.15) is 5.70 Å². The Morgan fingerprint density at radius 1 is 1.69 bits per heavy atom. The molecular weight excluding hydrogens is 248 g/mol. The average Bonchev–Trinajstić information content (AvgIpc) is 2.52. The molecule has 5 nitrogen and oxygen atoms in total. The summed E-state index contributed by atoms with van der Waals surface area (Å²) in [7, 11) is 0. The maximum Gasteiger partial charge on any atom is 0.353 e. The van der Waals surface area contributed by atoms with Crippen molar-refractivity contribution in [3.63, 3.8) is 0 Å². The Kier molecular flexibility index (Phi) is 3.46. The minimum Gasteiger partial charge on any atom is -0.477 e. The van der Waals surface area contributed by atoms with Crippen LogP contribution in [0, 0.1) is 0 Å². The van der Waals surface area contributed by atoms with Crippen molar-refractivity contribution < 1.29 is 14.7 Å². The van der Waals surface area contributed by atoms with Crippen molar-refractivity contribution in [3.8, 4) is 0 Å². The number of carboxylic acids is 1. The van der Waals surface area contributed by atoms with Crippen molar-refractivity contribution in [2.24, 2.45) is 5.73 Å². The van der Waals surface area contributed by atoms with Crippen molar-refractivity contribution in [1.29, 1.82) is 0 Å². The van der Waals surface area contributed by atoms with E-state index in [-0.39, 0.29) is 17.0 Å². The number of nitrogens with zero attached hydrogens (tertiary/aromatic N) is 1. The molecular formula is C9H12N2O3S2. The summed E-state index contributed by atoms with van der Waals surface area (Å²) in [5.41, 5.74) is 5.55. The molecule has 1 saturated heterocycles. The fraction of sp³-hybridized carbons (Fsp3) is 0.556. The highest BCUT2D eigenvalue weighted by Crippen LogP contribution is 2.46. The van der Waals surface area contributed by atoms with Crippen LogP contribution in [0.2, 0.25) is 0 Å². The van der Waals surface area contributed by atoms with Crippen LogP contribution in [-0.2, 0) is 9.59 Å². The molecule has 0 aliphatic carbocycles. The molecule has 3 N–H and O–H groups in total. The van der Waals surface area contributed by atoms with Crippen LogP contribution in [0.1, 0.15) is 6.42 Å². The first-order valence-corrected chi connectivity index (χ1v) is 6.91. The van der Waals surface area contributed by atoms with E-state index in [0.717, 1.165) is 10.7 Å². The SMILES string of the molecule is NCCSCC1=C(C(=O)O)N2C(=O)C[C@H]2S1. The second-order valence-electron chi connectivity index (χ2n) is 3.46. The highest BCUT2D eigenvalue weighted by Gasteiger charge is 2.48. The molecule has 1 atom stereocenters. The van der Waals surface area contributed by atoms with E-state index in [9.17, 15) is 9.59 Å². The number of nitrogens with two attached hydrogens (primary N) is 1. The van der Waals surface area contributed by atoms with Gasteiger partial charge in [0.2, 0.25) is 5.91 Å². The van der Waals surface area contributed by atoms with Gasteiger partial charge in [0.15, 0.2) is 0 Å². The van der Waals surface area contributed by atoms with Gasteiger partial charge in [-0.1, -0.05) is 0 Å². The van der Waals surface area contributed by atoms with Crippen LogP contribution < -0.4 is 5.73 Å². The van der Waals surface area contributed by atoms with Gasteiger partial charge in [0.25, 0.3) is 0 Å². The molecule has 0 bridgehead atoms. The fourth-order valence-corrected chi connectivity index (χ4v) is 4.01. The quantitative estimate of drug-likeness (QED) is 0.545. The molecule has 0 saturated carbocycles. The van der Waals surface area contributed by atoms with Gasteiger partial charge in [-0.2, -0.15) is 11.8 Å². The minimum atomic E-state index is -1.01. The number of thioether (sulfide) groups is 2. The number of rotatable bonds is 5. The van der Waals surface area contributed by atoms with E-state index < -0.39 is 5.97 Å². The molecule has 2 aliphatic heterocycles. The van der Waals surface area contributed by atoms with Crippen molar-refractivity contribution in [1.82, 2.24) is 4.90 Å². The molecule has 7 heteroatoms. The van der Waals surface area contributed by atoms with Crippen LogP contribution in [0.4, 0.5) is 0 Å². The number of aliphatic carboxylic acids is 1. The normalized spacial score (nSPS) is 23.4. The lowest BCUT2D eigenvalue weighted by Crippen LogP contribution is -2.48. The Bertz CT molecular complexity index is 370. The first-order chi connectivity index (χ1) is 7.65. The van der Waals surface area contributed by atoms with Gasteiger partial charge in [-0.3, -0.25) is 9.69 Å².